The van der Waals surface area contributed by atoms with E-state index in [4.69, 9.17) is 11.6 Å². The van der Waals surface area contributed by atoms with E-state index in [1.54, 1.807) is 0 Å². The number of aromatic nitrogens is 1. The molecule has 0 atom stereocenters. The summed E-state index contributed by atoms with van der Waals surface area (Å²) in [6.07, 6.45) is -2.96. The highest BCUT2D eigenvalue weighted by atomic mass is 35.5. The predicted octanol–water partition coefficient (Wildman–Crippen LogP) is 2.71. The van der Waals surface area contributed by atoms with Crippen LogP contribution in [0.5, 0.6) is 0 Å². The van der Waals surface area contributed by atoms with E-state index in [0.717, 1.165) is 0 Å². The molecule has 13 heavy (non-hydrogen) atoms. The van der Waals surface area contributed by atoms with Crippen molar-refractivity contribution in [2.45, 2.75) is 6.18 Å². The highest BCUT2D eigenvalue weighted by molar-refractivity contribution is 6.30. The van der Waals surface area contributed by atoms with Gasteiger partial charge in [0.15, 0.2) is 0 Å². The average molecular weight is 211 g/mol. The summed E-state index contributed by atoms with van der Waals surface area (Å²) in [4.78, 5) is 3.64. The monoisotopic (exact) mass is 210 g/mol. The maximum absolute atomic E-state index is 11.7. The number of hydrogen-bond donors (Lipinski definition) is 1. The zero-order valence-corrected chi connectivity index (χ0v) is 7.15. The lowest BCUT2D eigenvalue weighted by Crippen LogP contribution is -2.21. The summed E-state index contributed by atoms with van der Waals surface area (Å²) in [5, 5.41) is 2.50. The summed E-state index contributed by atoms with van der Waals surface area (Å²) in [7, 11) is 0. The van der Waals surface area contributed by atoms with Gasteiger partial charge in [-0.3, -0.25) is 0 Å². The van der Waals surface area contributed by atoms with E-state index in [1.165, 1.54) is 18.3 Å². The summed E-state index contributed by atoms with van der Waals surface area (Å²) in [6.45, 7) is -1.10. The van der Waals surface area contributed by atoms with Crippen LogP contribution in [0, 0.1) is 0 Å². The highest BCUT2D eigenvalue weighted by Gasteiger charge is 2.26. The van der Waals surface area contributed by atoms with E-state index in [2.05, 4.69) is 10.3 Å². The van der Waals surface area contributed by atoms with Crippen molar-refractivity contribution >= 4 is 17.4 Å². The van der Waals surface area contributed by atoms with E-state index in [1.807, 2.05) is 0 Å². The Hall–Kier alpha value is -0.970. The van der Waals surface area contributed by atoms with E-state index < -0.39 is 12.7 Å². The number of alkyl halides is 3. The molecule has 1 aromatic rings. The minimum atomic E-state index is -4.23. The molecule has 0 aliphatic rings. The third-order valence-electron chi connectivity index (χ3n) is 1.20. The molecule has 0 amide bonds. The Labute approximate surface area is 77.7 Å². The maximum Gasteiger partial charge on any atom is 0.405 e. The fourth-order valence-corrected chi connectivity index (χ4v) is 0.783. The molecule has 1 N–H and O–H groups in total. The molecule has 0 bridgehead atoms. The predicted molar refractivity (Wildman–Crippen MR) is 43.8 cm³/mol. The number of pyridine rings is 1. The lowest BCUT2D eigenvalue weighted by molar-refractivity contribution is -0.115. The van der Waals surface area contributed by atoms with Gasteiger partial charge in [-0.25, -0.2) is 4.98 Å². The van der Waals surface area contributed by atoms with E-state index in [9.17, 15) is 13.2 Å². The van der Waals surface area contributed by atoms with Crippen molar-refractivity contribution in [3.63, 3.8) is 0 Å². The van der Waals surface area contributed by atoms with Crippen LogP contribution in [-0.4, -0.2) is 17.7 Å². The fourth-order valence-electron chi connectivity index (χ4n) is 0.671. The van der Waals surface area contributed by atoms with E-state index >= 15 is 0 Å². The molecule has 6 heteroatoms. The lowest BCUT2D eigenvalue weighted by atomic mass is 10.4. The third-order valence-corrected chi connectivity index (χ3v) is 1.42. The van der Waals surface area contributed by atoms with Gasteiger partial charge in [0.25, 0.3) is 0 Å². The first-order valence-corrected chi connectivity index (χ1v) is 3.77. The van der Waals surface area contributed by atoms with Crippen molar-refractivity contribution in [1.29, 1.82) is 0 Å². The highest BCUT2D eigenvalue weighted by Crippen LogP contribution is 2.16. The van der Waals surface area contributed by atoms with Crippen LogP contribution >= 0.6 is 11.6 Å². The van der Waals surface area contributed by atoms with Gasteiger partial charge in [0.05, 0.1) is 5.02 Å². The zero-order valence-electron chi connectivity index (χ0n) is 6.40. The largest absolute Gasteiger partial charge is 0.405 e. The normalized spacial score (nSPS) is 11.4. The Bertz CT molecular complexity index is 270. The van der Waals surface area contributed by atoms with Crippen molar-refractivity contribution in [2.75, 3.05) is 11.9 Å². The van der Waals surface area contributed by atoms with Gasteiger partial charge in [0, 0.05) is 6.20 Å². The second-order valence-corrected chi connectivity index (χ2v) is 2.77. The number of halogens is 4. The van der Waals surface area contributed by atoms with Gasteiger partial charge in [-0.1, -0.05) is 11.6 Å². The Morgan fingerprint density at radius 3 is 2.54 bits per heavy atom. The molecule has 1 rings (SSSR count). The number of rotatable bonds is 2. The molecule has 0 aliphatic carbocycles. The second-order valence-electron chi connectivity index (χ2n) is 2.33. The molecule has 0 spiro atoms. The van der Waals surface area contributed by atoms with Crippen molar-refractivity contribution in [2.24, 2.45) is 0 Å². The molecule has 0 saturated carbocycles. The van der Waals surface area contributed by atoms with Gasteiger partial charge in [0.1, 0.15) is 12.4 Å². The van der Waals surface area contributed by atoms with Crippen LogP contribution in [0.25, 0.3) is 0 Å². The number of nitrogens with zero attached hydrogens (tertiary/aromatic N) is 1. The average Bonchev–Trinajstić information content (AvgIpc) is 2.02. The molecule has 0 fully saturated rings. The fraction of sp³-hybridized carbons (Fsp3) is 0.286. The van der Waals surface area contributed by atoms with Crippen molar-refractivity contribution in [3.05, 3.63) is 23.4 Å². The number of anilines is 1. The van der Waals surface area contributed by atoms with Gasteiger partial charge in [0.2, 0.25) is 0 Å². The first-order valence-electron chi connectivity index (χ1n) is 3.39. The Morgan fingerprint density at radius 2 is 2.08 bits per heavy atom. The van der Waals surface area contributed by atoms with Crippen molar-refractivity contribution < 1.29 is 13.2 Å². The molecular formula is C7H6ClF3N2. The molecule has 0 unspecified atom stereocenters. The maximum atomic E-state index is 11.7. The summed E-state index contributed by atoms with van der Waals surface area (Å²) in [5.74, 6) is 0.154. The molecule has 0 aliphatic heterocycles. The molecule has 0 aromatic carbocycles. The SMILES string of the molecule is FC(F)(F)CNc1ccc(Cl)cn1. The van der Waals surface area contributed by atoms with Gasteiger partial charge in [-0.2, -0.15) is 13.2 Å². The van der Waals surface area contributed by atoms with Gasteiger partial charge >= 0.3 is 6.18 Å². The Kier molecular flexibility index (Phi) is 2.98. The van der Waals surface area contributed by atoms with Crippen LogP contribution < -0.4 is 5.32 Å². The minimum absolute atomic E-state index is 0.154. The van der Waals surface area contributed by atoms with Crippen molar-refractivity contribution in [1.82, 2.24) is 4.98 Å². The standard InChI is InChI=1S/C7H6ClF3N2/c8-5-1-2-6(12-3-5)13-4-7(9,10)11/h1-3H,4H2,(H,12,13). The van der Waals surface area contributed by atoms with Crippen molar-refractivity contribution in [3.8, 4) is 0 Å². The molecular weight excluding hydrogens is 205 g/mol. The van der Waals surface area contributed by atoms with E-state index in [0.29, 0.717) is 5.02 Å². The molecule has 0 radical (unpaired) electrons. The molecule has 2 nitrogen and oxygen atoms in total. The van der Waals surface area contributed by atoms with Crippen LogP contribution in [0.3, 0.4) is 0 Å². The number of nitrogens with one attached hydrogen (secondary N) is 1. The van der Waals surface area contributed by atoms with Crippen LogP contribution in [0.15, 0.2) is 18.3 Å². The van der Waals surface area contributed by atoms with Gasteiger partial charge in [-0.05, 0) is 12.1 Å². The third kappa shape index (κ3) is 3.98. The summed E-state index contributed by atoms with van der Waals surface area (Å²) in [6, 6.07) is 2.85. The van der Waals surface area contributed by atoms with E-state index in [-0.39, 0.29) is 5.82 Å². The van der Waals surface area contributed by atoms with Crippen LogP contribution in [0.1, 0.15) is 0 Å². The first-order chi connectivity index (χ1) is 5.97. The second kappa shape index (κ2) is 3.83. The summed E-state index contributed by atoms with van der Waals surface area (Å²) in [5.41, 5.74) is 0. The molecule has 72 valence electrons. The van der Waals surface area contributed by atoms with Crippen LogP contribution in [-0.2, 0) is 0 Å². The topological polar surface area (TPSA) is 24.9 Å². The summed E-state index contributed by atoms with van der Waals surface area (Å²) >= 11 is 5.49. The lowest BCUT2D eigenvalue weighted by Gasteiger charge is -2.07. The van der Waals surface area contributed by atoms with Gasteiger partial charge in [-0.15, -0.1) is 0 Å². The minimum Gasteiger partial charge on any atom is -0.361 e. The molecule has 1 heterocycles. The smallest absolute Gasteiger partial charge is 0.361 e. The quantitative estimate of drug-likeness (QED) is 0.812. The number of hydrogen-bond acceptors (Lipinski definition) is 2. The summed E-state index contributed by atoms with van der Waals surface area (Å²) < 4.78 is 35.1. The van der Waals surface area contributed by atoms with Crippen LogP contribution in [0.2, 0.25) is 5.02 Å². The molecule has 0 saturated heterocycles. The Morgan fingerprint density at radius 1 is 1.38 bits per heavy atom. The van der Waals surface area contributed by atoms with Gasteiger partial charge < -0.3 is 5.32 Å². The first kappa shape index (κ1) is 10.1. The Balaban J connectivity index is 2.51. The molecule has 1 aromatic heterocycles. The zero-order chi connectivity index (χ0) is 9.90. The van der Waals surface area contributed by atoms with Crippen LogP contribution in [0.4, 0.5) is 19.0 Å².